The van der Waals surface area contributed by atoms with Crippen LogP contribution in [0, 0.1) is 0 Å². The molecule has 3 rings (SSSR count). The van der Waals surface area contributed by atoms with Gasteiger partial charge in [0.1, 0.15) is 11.8 Å². The fourth-order valence-electron chi connectivity index (χ4n) is 1.84. The Labute approximate surface area is 127 Å². The van der Waals surface area contributed by atoms with Crippen molar-refractivity contribution in [3.8, 4) is 0 Å². The van der Waals surface area contributed by atoms with Gasteiger partial charge in [-0.3, -0.25) is 0 Å². The lowest BCUT2D eigenvalue weighted by atomic mass is 10.3. The van der Waals surface area contributed by atoms with Gasteiger partial charge < -0.3 is 5.32 Å². The van der Waals surface area contributed by atoms with Crippen molar-refractivity contribution in [3.05, 3.63) is 42.9 Å². The number of imidazole rings is 1. The van der Waals surface area contributed by atoms with E-state index in [1.165, 1.54) is 26.6 Å². The second-order valence-corrected chi connectivity index (χ2v) is 6.74. The molecule has 114 valence electrons. The average molecular weight is 318 g/mol. The molecule has 0 aliphatic rings. The first-order valence-electron chi connectivity index (χ1n) is 6.43. The molecule has 0 saturated heterocycles. The van der Waals surface area contributed by atoms with Gasteiger partial charge in [-0.15, -0.1) is 0 Å². The Balaban J connectivity index is 2.06. The Morgan fingerprint density at radius 2 is 1.86 bits per heavy atom. The molecule has 9 heteroatoms. The van der Waals surface area contributed by atoms with Crippen LogP contribution in [0.3, 0.4) is 0 Å². The second kappa shape index (κ2) is 5.35. The SMILES string of the molecule is CN(C)S(=O)(=O)n1cnc2cnc(Nc3ccccc3)nc21. The van der Waals surface area contributed by atoms with Gasteiger partial charge in [0.15, 0.2) is 5.65 Å². The zero-order valence-corrected chi connectivity index (χ0v) is 12.8. The van der Waals surface area contributed by atoms with Gasteiger partial charge in [-0.05, 0) is 12.1 Å². The number of fused-ring (bicyclic) bond motifs is 1. The van der Waals surface area contributed by atoms with Crippen LogP contribution in [0.5, 0.6) is 0 Å². The highest BCUT2D eigenvalue weighted by atomic mass is 32.2. The van der Waals surface area contributed by atoms with E-state index in [4.69, 9.17) is 0 Å². The van der Waals surface area contributed by atoms with Crippen LogP contribution >= 0.6 is 0 Å². The van der Waals surface area contributed by atoms with Gasteiger partial charge in [0.05, 0.1) is 6.20 Å². The van der Waals surface area contributed by atoms with E-state index in [1.54, 1.807) is 0 Å². The maximum Gasteiger partial charge on any atom is 0.310 e. The lowest BCUT2D eigenvalue weighted by Crippen LogP contribution is -2.28. The van der Waals surface area contributed by atoms with Crippen LogP contribution in [-0.2, 0) is 10.2 Å². The van der Waals surface area contributed by atoms with Crippen molar-refractivity contribution in [2.75, 3.05) is 19.4 Å². The third kappa shape index (κ3) is 2.51. The van der Waals surface area contributed by atoms with Crippen LogP contribution in [0.2, 0.25) is 0 Å². The largest absolute Gasteiger partial charge is 0.324 e. The minimum absolute atomic E-state index is 0.224. The number of benzene rings is 1. The molecule has 0 radical (unpaired) electrons. The molecule has 2 aromatic heterocycles. The van der Waals surface area contributed by atoms with Gasteiger partial charge in [0.25, 0.3) is 0 Å². The number of para-hydroxylation sites is 1. The Morgan fingerprint density at radius 3 is 2.55 bits per heavy atom. The lowest BCUT2D eigenvalue weighted by Gasteiger charge is -2.12. The van der Waals surface area contributed by atoms with E-state index < -0.39 is 10.2 Å². The van der Waals surface area contributed by atoms with Crippen LogP contribution in [0.15, 0.2) is 42.9 Å². The van der Waals surface area contributed by atoms with Gasteiger partial charge in [0.2, 0.25) is 5.95 Å². The molecule has 0 fully saturated rings. The molecule has 0 aliphatic carbocycles. The molecule has 1 aromatic carbocycles. The van der Waals surface area contributed by atoms with E-state index >= 15 is 0 Å². The Hall–Kier alpha value is -2.52. The van der Waals surface area contributed by atoms with E-state index in [9.17, 15) is 8.42 Å². The molecule has 3 aromatic rings. The van der Waals surface area contributed by atoms with E-state index in [2.05, 4.69) is 20.3 Å². The smallest absolute Gasteiger partial charge is 0.310 e. The molecule has 8 nitrogen and oxygen atoms in total. The summed E-state index contributed by atoms with van der Waals surface area (Å²) in [5, 5.41) is 3.02. The predicted molar refractivity (Wildman–Crippen MR) is 83.1 cm³/mol. The number of aromatic nitrogens is 4. The Bertz CT molecular complexity index is 905. The van der Waals surface area contributed by atoms with Crippen molar-refractivity contribution in [1.29, 1.82) is 0 Å². The maximum absolute atomic E-state index is 12.2. The first-order chi connectivity index (χ1) is 10.5. The Morgan fingerprint density at radius 1 is 1.14 bits per heavy atom. The molecule has 0 unspecified atom stereocenters. The van der Waals surface area contributed by atoms with Gasteiger partial charge in [-0.2, -0.15) is 21.7 Å². The summed E-state index contributed by atoms with van der Waals surface area (Å²) < 4.78 is 26.6. The van der Waals surface area contributed by atoms with Crippen LogP contribution in [-0.4, -0.2) is 45.7 Å². The fraction of sp³-hybridized carbons (Fsp3) is 0.154. The summed E-state index contributed by atoms with van der Waals surface area (Å²) in [5.74, 6) is 0.300. The second-order valence-electron chi connectivity index (χ2n) is 4.72. The molecule has 2 heterocycles. The van der Waals surface area contributed by atoms with Gasteiger partial charge in [-0.25, -0.2) is 9.97 Å². The summed E-state index contributed by atoms with van der Waals surface area (Å²) in [7, 11) is -0.781. The molecule has 22 heavy (non-hydrogen) atoms. The van der Waals surface area contributed by atoms with Gasteiger partial charge >= 0.3 is 10.2 Å². The number of hydrogen-bond acceptors (Lipinski definition) is 6. The van der Waals surface area contributed by atoms with Crippen molar-refractivity contribution >= 4 is 33.0 Å². The molecule has 0 aliphatic heterocycles. The molecule has 0 bridgehead atoms. The van der Waals surface area contributed by atoms with Crippen molar-refractivity contribution in [2.45, 2.75) is 0 Å². The highest BCUT2D eigenvalue weighted by molar-refractivity contribution is 7.87. The van der Waals surface area contributed by atoms with Crippen molar-refractivity contribution in [1.82, 2.24) is 23.2 Å². The van der Waals surface area contributed by atoms with Crippen LogP contribution in [0.25, 0.3) is 11.2 Å². The number of rotatable bonds is 4. The van der Waals surface area contributed by atoms with Crippen molar-refractivity contribution < 1.29 is 8.42 Å². The molecule has 0 amide bonds. The average Bonchev–Trinajstić information content (AvgIpc) is 2.92. The summed E-state index contributed by atoms with van der Waals surface area (Å²) in [4.78, 5) is 12.4. The topological polar surface area (TPSA) is 93.0 Å². The highest BCUT2D eigenvalue weighted by Gasteiger charge is 2.20. The summed E-state index contributed by atoms with van der Waals surface area (Å²) >= 11 is 0. The summed E-state index contributed by atoms with van der Waals surface area (Å²) in [5.41, 5.74) is 1.44. The Kier molecular flexibility index (Phi) is 3.51. The van der Waals surface area contributed by atoms with E-state index in [0.29, 0.717) is 11.5 Å². The normalized spacial score (nSPS) is 12.0. The van der Waals surface area contributed by atoms with Crippen molar-refractivity contribution in [3.63, 3.8) is 0 Å². The first kappa shape index (κ1) is 14.4. The van der Waals surface area contributed by atoms with Crippen molar-refractivity contribution in [2.24, 2.45) is 0 Å². The first-order valence-corrected chi connectivity index (χ1v) is 7.83. The molecular weight excluding hydrogens is 304 g/mol. The number of nitrogens with zero attached hydrogens (tertiary/aromatic N) is 5. The van der Waals surface area contributed by atoms with E-state index in [-0.39, 0.29) is 5.65 Å². The summed E-state index contributed by atoms with van der Waals surface area (Å²) in [6, 6.07) is 9.38. The number of anilines is 2. The minimum Gasteiger partial charge on any atom is -0.324 e. The predicted octanol–water partition coefficient (Wildman–Crippen LogP) is 1.22. The maximum atomic E-state index is 12.2. The summed E-state index contributed by atoms with van der Waals surface area (Å²) in [6.07, 6.45) is 2.70. The third-order valence-corrected chi connectivity index (χ3v) is 4.69. The minimum atomic E-state index is -3.68. The summed E-state index contributed by atoms with van der Waals surface area (Å²) in [6.45, 7) is 0. The molecule has 0 spiro atoms. The zero-order valence-electron chi connectivity index (χ0n) is 12.0. The zero-order chi connectivity index (χ0) is 15.7. The van der Waals surface area contributed by atoms with Crippen LogP contribution < -0.4 is 5.32 Å². The van der Waals surface area contributed by atoms with Crippen LogP contribution in [0.1, 0.15) is 0 Å². The molecule has 0 saturated carbocycles. The number of hydrogen-bond donors (Lipinski definition) is 1. The third-order valence-electron chi connectivity index (χ3n) is 3.00. The van der Waals surface area contributed by atoms with E-state index in [0.717, 1.165) is 14.0 Å². The fourth-order valence-corrected chi connectivity index (χ4v) is 2.72. The lowest BCUT2D eigenvalue weighted by molar-refractivity contribution is 0.512. The monoisotopic (exact) mass is 318 g/mol. The highest BCUT2D eigenvalue weighted by Crippen LogP contribution is 2.17. The standard InChI is InChI=1S/C13H14N6O2S/c1-18(2)22(20,21)19-9-15-11-8-14-13(17-12(11)19)16-10-6-4-3-5-7-10/h3-9H,1-2H3,(H,14,16,17). The van der Waals surface area contributed by atoms with Gasteiger partial charge in [-0.1, -0.05) is 18.2 Å². The van der Waals surface area contributed by atoms with Gasteiger partial charge in [0, 0.05) is 19.8 Å². The number of nitrogens with one attached hydrogen (secondary N) is 1. The van der Waals surface area contributed by atoms with Crippen LogP contribution in [0.4, 0.5) is 11.6 Å². The molecular formula is C13H14N6O2S. The molecule has 1 N–H and O–H groups in total. The quantitative estimate of drug-likeness (QED) is 0.777. The molecule has 0 atom stereocenters. The van der Waals surface area contributed by atoms with E-state index in [1.807, 2.05) is 30.3 Å².